The third kappa shape index (κ3) is 2.96. The molecule has 0 unspecified atom stereocenters. The first kappa shape index (κ1) is 16.6. The van der Waals surface area contributed by atoms with E-state index >= 15 is 0 Å². The van der Waals surface area contributed by atoms with E-state index in [4.69, 9.17) is 15.6 Å². The van der Waals surface area contributed by atoms with E-state index in [-0.39, 0.29) is 17.0 Å². The van der Waals surface area contributed by atoms with Crippen molar-refractivity contribution in [2.75, 3.05) is 7.11 Å². The number of allylic oxidation sites excluding steroid dienone is 3. The fourth-order valence-electron chi connectivity index (χ4n) is 2.96. The van der Waals surface area contributed by atoms with Crippen LogP contribution in [0.4, 0.5) is 0 Å². The van der Waals surface area contributed by atoms with Gasteiger partial charge in [-0.1, -0.05) is 12.1 Å². The van der Waals surface area contributed by atoms with Crippen LogP contribution in [0.3, 0.4) is 0 Å². The van der Waals surface area contributed by atoms with E-state index in [0.29, 0.717) is 5.57 Å². The Bertz CT molecular complexity index is 924. The highest BCUT2D eigenvalue weighted by Crippen LogP contribution is 2.25. The molecule has 2 aromatic rings. The molecular weight excluding hydrogens is 314 g/mol. The van der Waals surface area contributed by atoms with Crippen molar-refractivity contribution in [3.8, 4) is 5.69 Å². The molecular formula is C20H19N3O2. The van der Waals surface area contributed by atoms with E-state index in [0.717, 1.165) is 22.6 Å². The third-order valence-electron chi connectivity index (χ3n) is 4.27. The highest BCUT2D eigenvalue weighted by atomic mass is 16.5. The number of rotatable bonds is 3. The highest BCUT2D eigenvalue weighted by molar-refractivity contribution is 6.56. The molecule has 5 nitrogen and oxygen atoms in total. The molecule has 0 saturated heterocycles. The Morgan fingerprint density at radius 2 is 1.56 bits per heavy atom. The molecule has 1 aromatic heterocycles. The molecule has 0 radical (unpaired) electrons. The van der Waals surface area contributed by atoms with E-state index in [1.807, 2.05) is 24.3 Å². The number of aryl methyl sites for hydroxylation is 2. The summed E-state index contributed by atoms with van der Waals surface area (Å²) < 4.78 is 6.87. The molecule has 0 atom stereocenters. The molecule has 126 valence electrons. The second kappa shape index (κ2) is 6.36. The maximum absolute atomic E-state index is 11.8. The molecule has 5 heteroatoms. The van der Waals surface area contributed by atoms with Crippen molar-refractivity contribution in [2.24, 2.45) is 0 Å². The molecule has 1 aromatic carbocycles. The Hall–Kier alpha value is -3.21. The number of aromatic nitrogens is 1. The predicted molar refractivity (Wildman–Crippen MR) is 98.8 cm³/mol. The third-order valence-corrected chi connectivity index (χ3v) is 4.27. The van der Waals surface area contributed by atoms with Crippen LogP contribution < -0.4 is 0 Å². The summed E-state index contributed by atoms with van der Waals surface area (Å²) in [7, 11) is 1.27. The largest absolute Gasteiger partial charge is 0.465 e. The summed E-state index contributed by atoms with van der Waals surface area (Å²) in [6.07, 6.45) is 3.20. The summed E-state index contributed by atoms with van der Waals surface area (Å²) in [4.78, 5) is 11.8. The van der Waals surface area contributed by atoms with E-state index < -0.39 is 5.97 Å². The van der Waals surface area contributed by atoms with Crippen molar-refractivity contribution in [1.29, 1.82) is 10.8 Å². The molecule has 0 aliphatic heterocycles. The summed E-state index contributed by atoms with van der Waals surface area (Å²) in [5.74, 6) is -0.601. The van der Waals surface area contributed by atoms with Gasteiger partial charge in [-0.2, -0.15) is 0 Å². The minimum atomic E-state index is -0.601. The minimum absolute atomic E-state index is 0.000856. The van der Waals surface area contributed by atoms with Crippen LogP contribution in [0.25, 0.3) is 11.3 Å². The Morgan fingerprint density at radius 1 is 0.960 bits per heavy atom. The summed E-state index contributed by atoms with van der Waals surface area (Å²) in [6, 6.07) is 12.1. The number of nitrogens with zero attached hydrogens (tertiary/aromatic N) is 1. The van der Waals surface area contributed by atoms with Gasteiger partial charge in [-0.3, -0.25) is 10.8 Å². The van der Waals surface area contributed by atoms with Gasteiger partial charge in [-0.05, 0) is 61.4 Å². The van der Waals surface area contributed by atoms with Crippen LogP contribution in [0.15, 0.2) is 54.1 Å². The van der Waals surface area contributed by atoms with E-state index in [9.17, 15) is 4.79 Å². The number of hydrogen-bond donors (Lipinski definition) is 2. The molecule has 2 N–H and O–H groups in total. The Balaban J connectivity index is 1.99. The molecule has 1 aliphatic carbocycles. The van der Waals surface area contributed by atoms with Gasteiger partial charge in [0.15, 0.2) is 0 Å². The van der Waals surface area contributed by atoms with Crippen LogP contribution in [-0.2, 0) is 9.53 Å². The van der Waals surface area contributed by atoms with Crippen LogP contribution in [0.1, 0.15) is 17.0 Å². The lowest BCUT2D eigenvalue weighted by atomic mass is 9.92. The predicted octanol–water partition coefficient (Wildman–Crippen LogP) is 3.63. The minimum Gasteiger partial charge on any atom is -0.465 e. The number of methoxy groups -OCH3 is 1. The van der Waals surface area contributed by atoms with Crippen molar-refractivity contribution >= 4 is 23.0 Å². The molecule has 0 fully saturated rings. The van der Waals surface area contributed by atoms with Gasteiger partial charge >= 0.3 is 5.97 Å². The monoisotopic (exact) mass is 333 g/mol. The van der Waals surface area contributed by atoms with Gasteiger partial charge in [0.05, 0.1) is 24.1 Å². The summed E-state index contributed by atoms with van der Waals surface area (Å²) in [5, 5.41) is 15.8. The van der Waals surface area contributed by atoms with Gasteiger partial charge in [-0.15, -0.1) is 0 Å². The Kier molecular flexibility index (Phi) is 4.23. The van der Waals surface area contributed by atoms with Crippen molar-refractivity contribution < 1.29 is 9.53 Å². The number of ether oxygens (including phenoxy) is 1. The molecule has 3 rings (SSSR count). The van der Waals surface area contributed by atoms with Gasteiger partial charge < -0.3 is 9.30 Å². The zero-order chi connectivity index (χ0) is 18.1. The maximum atomic E-state index is 11.8. The molecule has 1 heterocycles. The smallest absolute Gasteiger partial charge is 0.340 e. The normalized spacial score (nSPS) is 14.2. The number of hydrogen-bond acceptors (Lipinski definition) is 4. The van der Waals surface area contributed by atoms with Crippen molar-refractivity contribution in [3.63, 3.8) is 0 Å². The van der Waals surface area contributed by atoms with Gasteiger partial charge in [0.1, 0.15) is 0 Å². The SMILES string of the molecule is COC(=O)C1=CC(c2ccc(-n3c(C)ccc3C)cc2)=CC(=N)C1=N. The standard InChI is InChI=1S/C20H19N3O2/c1-12-4-5-13(2)23(12)16-8-6-14(7-9-16)15-10-17(20(24)25-3)19(22)18(21)11-15/h4-11,21-22H,1-3H3. The van der Waals surface area contributed by atoms with Crippen LogP contribution in [0.5, 0.6) is 0 Å². The number of nitrogens with one attached hydrogen (secondary N) is 2. The summed E-state index contributed by atoms with van der Waals surface area (Å²) in [5.41, 5.74) is 4.95. The fraction of sp³-hybridized carbons (Fsp3) is 0.150. The molecule has 25 heavy (non-hydrogen) atoms. The van der Waals surface area contributed by atoms with E-state index in [2.05, 4.69) is 30.5 Å². The van der Waals surface area contributed by atoms with Crippen LogP contribution in [-0.4, -0.2) is 29.1 Å². The average molecular weight is 333 g/mol. The van der Waals surface area contributed by atoms with Crippen LogP contribution in [0.2, 0.25) is 0 Å². The molecule has 0 amide bonds. The van der Waals surface area contributed by atoms with E-state index in [1.165, 1.54) is 7.11 Å². The average Bonchev–Trinajstić information content (AvgIpc) is 2.95. The Labute approximate surface area is 146 Å². The first-order chi connectivity index (χ1) is 11.9. The zero-order valence-electron chi connectivity index (χ0n) is 14.4. The molecule has 1 aliphatic rings. The fourth-order valence-corrected chi connectivity index (χ4v) is 2.96. The second-order valence-corrected chi connectivity index (χ2v) is 5.94. The lowest BCUT2D eigenvalue weighted by Crippen LogP contribution is -2.23. The van der Waals surface area contributed by atoms with Crippen LogP contribution in [0, 0.1) is 24.7 Å². The van der Waals surface area contributed by atoms with E-state index in [1.54, 1.807) is 12.2 Å². The number of carbonyl (C=O) groups excluding carboxylic acids is 1. The topological polar surface area (TPSA) is 78.9 Å². The second-order valence-electron chi connectivity index (χ2n) is 5.94. The van der Waals surface area contributed by atoms with Gasteiger partial charge in [-0.25, -0.2) is 4.79 Å². The molecule has 0 saturated carbocycles. The zero-order valence-corrected chi connectivity index (χ0v) is 14.4. The first-order valence-electron chi connectivity index (χ1n) is 7.87. The molecule has 0 bridgehead atoms. The van der Waals surface area contributed by atoms with Gasteiger partial charge in [0, 0.05) is 17.1 Å². The number of carbonyl (C=O) groups is 1. The lowest BCUT2D eigenvalue weighted by molar-refractivity contribution is -0.135. The Morgan fingerprint density at radius 3 is 2.12 bits per heavy atom. The number of esters is 1. The first-order valence-corrected chi connectivity index (χ1v) is 7.87. The summed E-state index contributed by atoms with van der Waals surface area (Å²) in [6.45, 7) is 4.12. The van der Waals surface area contributed by atoms with Crippen LogP contribution >= 0.6 is 0 Å². The van der Waals surface area contributed by atoms with Gasteiger partial charge in [0.2, 0.25) is 0 Å². The summed E-state index contributed by atoms with van der Waals surface area (Å²) >= 11 is 0. The lowest BCUT2D eigenvalue weighted by Gasteiger charge is -2.15. The maximum Gasteiger partial charge on any atom is 0.340 e. The van der Waals surface area contributed by atoms with Gasteiger partial charge in [0.25, 0.3) is 0 Å². The van der Waals surface area contributed by atoms with Crippen molar-refractivity contribution in [1.82, 2.24) is 4.57 Å². The highest BCUT2D eigenvalue weighted by Gasteiger charge is 2.23. The number of benzene rings is 1. The van der Waals surface area contributed by atoms with Crippen molar-refractivity contribution in [2.45, 2.75) is 13.8 Å². The quantitative estimate of drug-likeness (QED) is 0.664. The molecule has 0 spiro atoms. The van der Waals surface area contributed by atoms with Crippen molar-refractivity contribution in [3.05, 3.63) is 71.1 Å².